The topological polar surface area (TPSA) is 110 Å². The molecule has 0 bridgehead atoms. The van der Waals surface area contributed by atoms with Gasteiger partial charge in [-0.1, -0.05) is 50.2 Å². The molecule has 0 aliphatic heterocycles. The molecule has 1 atom stereocenters. The second kappa shape index (κ2) is 8.24. The molecular weight excluding hydrogens is 336 g/mol. The lowest BCUT2D eigenvalue weighted by Crippen LogP contribution is -2.31. The Balaban J connectivity index is 2.18. The lowest BCUT2D eigenvalue weighted by Gasteiger charge is -2.14. The summed E-state index contributed by atoms with van der Waals surface area (Å²) in [5, 5.41) is 23.2. The van der Waals surface area contributed by atoms with Gasteiger partial charge in [-0.3, -0.25) is 19.7 Å². The fraction of sp³-hybridized carbons (Fsp3) is 0.263. The summed E-state index contributed by atoms with van der Waals surface area (Å²) >= 11 is 0. The van der Waals surface area contributed by atoms with Crippen molar-refractivity contribution in [1.29, 1.82) is 0 Å². The third-order valence-corrected chi connectivity index (χ3v) is 4.08. The number of hydrogen-bond acceptors (Lipinski definition) is 4. The number of carboxylic acids is 1. The molecule has 0 aliphatic rings. The molecule has 1 amide bonds. The van der Waals surface area contributed by atoms with E-state index in [1.807, 2.05) is 13.8 Å². The minimum absolute atomic E-state index is 0.0537. The van der Waals surface area contributed by atoms with Crippen LogP contribution in [0, 0.1) is 10.1 Å². The van der Waals surface area contributed by atoms with Crippen molar-refractivity contribution < 1.29 is 19.6 Å². The minimum Gasteiger partial charge on any atom is -0.481 e. The van der Waals surface area contributed by atoms with Crippen molar-refractivity contribution in [3.05, 3.63) is 75.3 Å². The fourth-order valence-electron chi connectivity index (χ4n) is 2.66. The average molecular weight is 356 g/mol. The van der Waals surface area contributed by atoms with Crippen LogP contribution in [0.3, 0.4) is 0 Å². The number of nitro groups is 1. The highest BCUT2D eigenvalue weighted by molar-refractivity contribution is 5.95. The van der Waals surface area contributed by atoms with Crippen molar-refractivity contribution in [2.24, 2.45) is 0 Å². The van der Waals surface area contributed by atoms with Crippen LogP contribution in [-0.2, 0) is 4.79 Å². The number of aliphatic carboxylic acids is 1. The van der Waals surface area contributed by atoms with Gasteiger partial charge in [0.15, 0.2) is 0 Å². The van der Waals surface area contributed by atoms with Gasteiger partial charge >= 0.3 is 5.97 Å². The van der Waals surface area contributed by atoms with E-state index in [9.17, 15) is 24.8 Å². The van der Waals surface area contributed by atoms with Crippen LogP contribution < -0.4 is 5.32 Å². The van der Waals surface area contributed by atoms with Gasteiger partial charge in [0.2, 0.25) is 0 Å². The predicted molar refractivity (Wildman–Crippen MR) is 96.3 cm³/mol. The molecule has 0 saturated carbocycles. The van der Waals surface area contributed by atoms with Crippen LogP contribution in [0.15, 0.2) is 48.5 Å². The Morgan fingerprint density at radius 2 is 1.81 bits per heavy atom. The van der Waals surface area contributed by atoms with Gasteiger partial charge in [-0.05, 0) is 17.5 Å². The summed E-state index contributed by atoms with van der Waals surface area (Å²) in [6, 6.07) is 12.9. The van der Waals surface area contributed by atoms with E-state index in [4.69, 9.17) is 0 Å². The number of nitro benzene ring substituents is 1. The predicted octanol–water partition coefficient (Wildman–Crippen LogP) is 3.32. The van der Waals surface area contributed by atoms with E-state index in [1.54, 1.807) is 36.4 Å². The Kier molecular flexibility index (Phi) is 6.06. The van der Waals surface area contributed by atoms with Crippen molar-refractivity contribution in [3.63, 3.8) is 0 Å². The van der Waals surface area contributed by atoms with Gasteiger partial charge < -0.3 is 10.4 Å². The number of nitrogens with one attached hydrogen (secondary N) is 1. The van der Waals surface area contributed by atoms with Crippen molar-refractivity contribution in [3.8, 4) is 0 Å². The molecule has 0 aliphatic carbocycles. The normalized spacial score (nSPS) is 11.8. The number of carbonyl (C=O) groups is 2. The van der Waals surface area contributed by atoms with Crippen molar-refractivity contribution in [2.45, 2.75) is 25.7 Å². The summed E-state index contributed by atoms with van der Waals surface area (Å²) in [6.07, 6.45) is 0. The molecule has 0 fully saturated rings. The van der Waals surface area contributed by atoms with Crippen molar-refractivity contribution in [2.75, 3.05) is 6.54 Å². The first-order valence-corrected chi connectivity index (χ1v) is 8.15. The molecule has 1 unspecified atom stereocenters. The maximum Gasteiger partial charge on any atom is 0.312 e. The molecule has 0 spiro atoms. The van der Waals surface area contributed by atoms with Crippen LogP contribution in [0.5, 0.6) is 0 Å². The molecule has 0 heterocycles. The zero-order valence-electron chi connectivity index (χ0n) is 14.5. The molecule has 0 radical (unpaired) electrons. The first-order valence-electron chi connectivity index (χ1n) is 8.15. The van der Waals surface area contributed by atoms with Gasteiger partial charge in [-0.15, -0.1) is 0 Å². The Morgan fingerprint density at radius 3 is 2.35 bits per heavy atom. The number of benzene rings is 2. The summed E-state index contributed by atoms with van der Waals surface area (Å²) in [5.41, 5.74) is 1.12. The molecule has 26 heavy (non-hydrogen) atoms. The monoisotopic (exact) mass is 356 g/mol. The first-order chi connectivity index (χ1) is 12.3. The van der Waals surface area contributed by atoms with E-state index in [0.717, 1.165) is 0 Å². The van der Waals surface area contributed by atoms with Crippen LogP contribution in [0.25, 0.3) is 0 Å². The number of rotatable bonds is 7. The van der Waals surface area contributed by atoms with Gasteiger partial charge in [0.1, 0.15) is 0 Å². The fourth-order valence-corrected chi connectivity index (χ4v) is 2.66. The highest BCUT2D eigenvalue weighted by Gasteiger charge is 2.22. The van der Waals surface area contributed by atoms with Crippen LogP contribution >= 0.6 is 0 Å². The van der Waals surface area contributed by atoms with E-state index in [-0.39, 0.29) is 23.7 Å². The van der Waals surface area contributed by atoms with Crippen LogP contribution in [-0.4, -0.2) is 28.5 Å². The highest BCUT2D eigenvalue weighted by atomic mass is 16.6. The third kappa shape index (κ3) is 4.44. The van der Waals surface area contributed by atoms with Crippen LogP contribution in [0.2, 0.25) is 0 Å². The molecule has 2 aromatic rings. The van der Waals surface area contributed by atoms with Gasteiger partial charge in [0.05, 0.1) is 10.8 Å². The van der Waals surface area contributed by atoms with Gasteiger partial charge in [-0.25, -0.2) is 0 Å². The Labute approximate surface area is 150 Å². The quantitative estimate of drug-likeness (QED) is 0.584. The molecule has 7 nitrogen and oxygen atoms in total. The largest absolute Gasteiger partial charge is 0.481 e. The maximum absolute atomic E-state index is 12.3. The summed E-state index contributed by atoms with van der Waals surface area (Å²) in [7, 11) is 0. The number of hydrogen-bond donors (Lipinski definition) is 2. The van der Waals surface area contributed by atoms with Crippen LogP contribution in [0.1, 0.15) is 47.2 Å². The second-order valence-electron chi connectivity index (χ2n) is 6.20. The lowest BCUT2D eigenvalue weighted by molar-refractivity contribution is -0.385. The molecule has 7 heteroatoms. The van der Waals surface area contributed by atoms with E-state index >= 15 is 0 Å². The third-order valence-electron chi connectivity index (χ3n) is 4.08. The summed E-state index contributed by atoms with van der Waals surface area (Å²) < 4.78 is 0. The zero-order valence-corrected chi connectivity index (χ0v) is 14.5. The van der Waals surface area contributed by atoms with E-state index in [0.29, 0.717) is 11.1 Å². The Morgan fingerprint density at radius 1 is 1.15 bits per heavy atom. The molecule has 136 valence electrons. The van der Waals surface area contributed by atoms with Gasteiger partial charge in [0.25, 0.3) is 11.6 Å². The summed E-state index contributed by atoms with van der Waals surface area (Å²) in [4.78, 5) is 34.5. The SMILES string of the molecule is CC(C)c1ccc(C(=O)NCC(C(=O)O)c2ccccc2)cc1[N+](=O)[O-]. The van der Waals surface area contributed by atoms with E-state index in [2.05, 4.69) is 5.32 Å². The summed E-state index contributed by atoms with van der Waals surface area (Å²) in [5.74, 6) is -2.56. The van der Waals surface area contributed by atoms with Crippen LogP contribution in [0.4, 0.5) is 5.69 Å². The second-order valence-corrected chi connectivity index (χ2v) is 6.20. The van der Waals surface area contributed by atoms with Gasteiger partial charge in [0, 0.05) is 23.7 Å². The number of nitrogens with zero attached hydrogens (tertiary/aromatic N) is 1. The maximum atomic E-state index is 12.3. The molecule has 0 aromatic heterocycles. The molecule has 0 saturated heterocycles. The standard InChI is InChI=1S/C19H20N2O5/c1-12(2)15-9-8-14(10-17(15)21(25)26)18(22)20-11-16(19(23)24)13-6-4-3-5-7-13/h3-10,12,16H,11H2,1-2H3,(H,20,22)(H,23,24). The Hall–Kier alpha value is -3.22. The highest BCUT2D eigenvalue weighted by Crippen LogP contribution is 2.27. The summed E-state index contributed by atoms with van der Waals surface area (Å²) in [6.45, 7) is 3.55. The molecular formula is C19H20N2O5. The molecule has 2 rings (SSSR count). The van der Waals surface area contributed by atoms with Crippen molar-refractivity contribution in [1.82, 2.24) is 5.32 Å². The average Bonchev–Trinajstić information content (AvgIpc) is 2.61. The Bertz CT molecular complexity index is 818. The van der Waals surface area contributed by atoms with E-state index in [1.165, 1.54) is 12.1 Å². The molecule has 2 N–H and O–H groups in total. The lowest BCUT2D eigenvalue weighted by atomic mass is 9.98. The number of amides is 1. The molecule has 2 aromatic carbocycles. The van der Waals surface area contributed by atoms with E-state index < -0.39 is 22.7 Å². The minimum atomic E-state index is -1.06. The zero-order chi connectivity index (χ0) is 19.3. The first kappa shape index (κ1) is 19.1. The number of carbonyl (C=O) groups excluding carboxylic acids is 1. The van der Waals surface area contributed by atoms with Gasteiger partial charge in [-0.2, -0.15) is 0 Å². The smallest absolute Gasteiger partial charge is 0.312 e. The number of carboxylic acid groups (broad SMARTS) is 1. The van der Waals surface area contributed by atoms with Crippen molar-refractivity contribution >= 4 is 17.6 Å².